The number of hydrogen-bond donors (Lipinski definition) is 3. The van der Waals surface area contributed by atoms with Crippen LogP contribution in [0.3, 0.4) is 0 Å². The fourth-order valence-electron chi connectivity index (χ4n) is 4.57. The Bertz CT molecular complexity index is 1700. The van der Waals surface area contributed by atoms with Gasteiger partial charge in [0.2, 0.25) is 21.8 Å². The monoisotopic (exact) mass is 607 g/mol. The molecule has 0 bridgehead atoms. The minimum absolute atomic E-state index is 0.136. The number of thioether (sulfide) groups is 1. The van der Waals surface area contributed by atoms with Crippen LogP contribution >= 0.6 is 34.7 Å². The second-order valence-corrected chi connectivity index (χ2v) is 12.8. The summed E-state index contributed by atoms with van der Waals surface area (Å²) >= 11 is 7.80. The van der Waals surface area contributed by atoms with Gasteiger partial charge < -0.3 is 11.1 Å². The van der Waals surface area contributed by atoms with E-state index in [9.17, 15) is 32.4 Å². The number of halogens is 1. The maximum atomic E-state index is 13.2. The number of carbonyl (C=O) groups is 4. The van der Waals surface area contributed by atoms with E-state index in [4.69, 9.17) is 22.5 Å². The molecule has 3 atom stereocenters. The molecule has 0 radical (unpaired) electrons. The van der Waals surface area contributed by atoms with Crippen molar-refractivity contribution < 1.29 is 27.6 Å². The molecule has 0 saturated carbocycles. The normalized spacial score (nSPS) is 20.5. The van der Waals surface area contributed by atoms with Crippen LogP contribution in [0.1, 0.15) is 16.4 Å². The van der Waals surface area contributed by atoms with Crippen molar-refractivity contribution >= 4 is 74.2 Å². The number of benzene rings is 2. The summed E-state index contributed by atoms with van der Waals surface area (Å²) in [7, 11) is -3.91. The Kier molecular flexibility index (Phi) is 6.88. The molecular formula is C23H18ClN5O7S3. The fraction of sp³-hybridized carbons (Fsp3) is 0.174. The van der Waals surface area contributed by atoms with Crippen molar-refractivity contribution in [2.75, 3.05) is 5.32 Å². The number of aromatic nitrogens is 1. The number of urea groups is 1. The number of nitrogens with two attached hydrogens (primary N) is 2. The molecule has 5 rings (SSSR count). The third kappa shape index (κ3) is 4.87. The number of carbonyl (C=O) groups excluding carboxylic acids is 4. The number of rotatable bonds is 5. The molecular weight excluding hydrogens is 590 g/mol. The highest BCUT2D eigenvalue weighted by atomic mass is 35.5. The van der Waals surface area contributed by atoms with E-state index in [0.29, 0.717) is 25.4 Å². The largest absolute Gasteiger partial charge is 0.351 e. The van der Waals surface area contributed by atoms with Crippen molar-refractivity contribution in [2.24, 2.45) is 16.8 Å². The summed E-state index contributed by atoms with van der Waals surface area (Å²) in [5.74, 6) is -3.92. The highest BCUT2D eigenvalue weighted by molar-refractivity contribution is 8.00. The van der Waals surface area contributed by atoms with Crippen LogP contribution in [0.5, 0.6) is 0 Å². The molecule has 5 amide bonds. The summed E-state index contributed by atoms with van der Waals surface area (Å²) < 4.78 is 24.1. The SMILES string of the molecule is NC(=O)N1C(=O)C2Sc3c(sc(=O)n3CC(=O)Nc3ccc(S(N)(=O)=O)cc3)[C@@H](c3ccc(Cl)cc3)C2C1=O. The number of thiazole rings is 1. The molecule has 0 aliphatic carbocycles. The zero-order valence-corrected chi connectivity index (χ0v) is 22.8. The van der Waals surface area contributed by atoms with Crippen molar-refractivity contribution in [3.8, 4) is 0 Å². The third-order valence-corrected chi connectivity index (χ3v) is 10.1. The van der Waals surface area contributed by atoms with Crippen LogP contribution in [-0.2, 0) is 31.0 Å². The number of primary sulfonamides is 1. The number of imide groups is 3. The Morgan fingerprint density at radius 3 is 2.23 bits per heavy atom. The molecule has 0 spiro atoms. The summed E-state index contributed by atoms with van der Waals surface area (Å²) in [6.45, 7) is -0.430. The molecule has 3 aromatic rings. The Balaban J connectivity index is 1.51. The van der Waals surface area contributed by atoms with Crippen LogP contribution in [0, 0.1) is 5.92 Å². The lowest BCUT2D eigenvalue weighted by atomic mass is 9.83. The molecule has 1 saturated heterocycles. The van der Waals surface area contributed by atoms with E-state index in [-0.39, 0.29) is 10.6 Å². The lowest BCUT2D eigenvalue weighted by Crippen LogP contribution is -2.41. The van der Waals surface area contributed by atoms with Gasteiger partial charge in [-0.25, -0.2) is 18.4 Å². The Hall–Kier alpha value is -3.50. The standard InChI is InChI=1S/C23H18ClN5O7S3/c24-11-3-1-10(2-4-11)15-16-17(20(32)29(19(16)31)22(25)33)37-21-18(15)38-23(34)28(21)9-14(30)27-12-5-7-13(8-6-12)39(26,35)36/h1-8,15-17H,9H2,(H2,25,33)(H,27,30)(H2,26,35,36)/t15-,16?,17?/m0/s1. The van der Waals surface area contributed by atoms with Crippen LogP contribution in [0.15, 0.2) is 63.2 Å². The number of anilines is 1. The van der Waals surface area contributed by atoms with Crippen LogP contribution in [0.4, 0.5) is 10.5 Å². The number of nitrogens with one attached hydrogen (secondary N) is 1. The summed E-state index contributed by atoms with van der Waals surface area (Å²) in [6.07, 6.45) is 0. The van der Waals surface area contributed by atoms with Crippen LogP contribution in [0.2, 0.25) is 5.02 Å². The van der Waals surface area contributed by atoms with E-state index in [0.717, 1.165) is 23.1 Å². The third-order valence-electron chi connectivity index (χ3n) is 6.27. The molecule has 5 N–H and O–H groups in total. The molecule has 39 heavy (non-hydrogen) atoms. The van der Waals surface area contributed by atoms with Crippen LogP contribution < -0.4 is 21.1 Å². The Morgan fingerprint density at radius 2 is 1.64 bits per heavy atom. The van der Waals surface area contributed by atoms with Crippen LogP contribution in [0.25, 0.3) is 0 Å². The van der Waals surface area contributed by atoms with Crippen molar-refractivity contribution in [2.45, 2.75) is 27.6 Å². The number of fused-ring (bicyclic) bond motifs is 2. The molecule has 202 valence electrons. The molecule has 2 aliphatic rings. The molecule has 16 heteroatoms. The minimum atomic E-state index is -3.91. The van der Waals surface area contributed by atoms with Gasteiger partial charge in [-0.15, -0.1) is 0 Å². The maximum absolute atomic E-state index is 13.2. The van der Waals surface area contributed by atoms with Gasteiger partial charge in [0.25, 0.3) is 5.91 Å². The average Bonchev–Trinajstić information content (AvgIpc) is 3.30. The number of nitrogens with zero attached hydrogens (tertiary/aromatic N) is 2. The topological polar surface area (TPSA) is 192 Å². The predicted octanol–water partition coefficient (Wildman–Crippen LogP) is 1.52. The van der Waals surface area contributed by atoms with E-state index < -0.39 is 62.3 Å². The van der Waals surface area contributed by atoms with Crippen molar-refractivity contribution in [3.63, 3.8) is 0 Å². The second kappa shape index (κ2) is 9.91. The van der Waals surface area contributed by atoms with E-state index in [1.165, 1.54) is 28.8 Å². The van der Waals surface area contributed by atoms with Gasteiger partial charge in [0.05, 0.1) is 15.8 Å². The van der Waals surface area contributed by atoms with Gasteiger partial charge in [-0.05, 0) is 42.0 Å². The molecule has 1 aromatic heterocycles. The highest BCUT2D eigenvalue weighted by Crippen LogP contribution is 2.53. The zero-order valence-electron chi connectivity index (χ0n) is 19.6. The van der Waals surface area contributed by atoms with E-state index >= 15 is 0 Å². The van der Waals surface area contributed by atoms with Crippen molar-refractivity contribution in [1.29, 1.82) is 0 Å². The fourth-order valence-corrected chi connectivity index (χ4v) is 7.99. The lowest BCUT2D eigenvalue weighted by molar-refractivity contribution is -0.135. The number of amides is 5. The Labute approximate surface area is 234 Å². The molecule has 12 nitrogen and oxygen atoms in total. The predicted molar refractivity (Wildman–Crippen MR) is 143 cm³/mol. The van der Waals surface area contributed by atoms with Gasteiger partial charge in [0.1, 0.15) is 11.8 Å². The van der Waals surface area contributed by atoms with E-state index in [1.54, 1.807) is 24.3 Å². The number of sulfonamides is 1. The van der Waals surface area contributed by atoms with Crippen molar-refractivity contribution in [1.82, 2.24) is 9.47 Å². The number of likely N-dealkylation sites (tertiary alicyclic amines) is 1. The zero-order chi connectivity index (χ0) is 28.2. The first-order valence-electron chi connectivity index (χ1n) is 11.1. The minimum Gasteiger partial charge on any atom is -0.351 e. The van der Waals surface area contributed by atoms with Gasteiger partial charge in [-0.1, -0.05) is 46.8 Å². The molecule has 3 heterocycles. The quantitative estimate of drug-likeness (QED) is 0.363. The molecule has 2 aromatic carbocycles. The summed E-state index contributed by atoms with van der Waals surface area (Å²) in [5, 5.41) is 7.38. The number of hydrogen-bond acceptors (Lipinski definition) is 9. The first kappa shape index (κ1) is 27.1. The maximum Gasteiger partial charge on any atom is 0.328 e. The summed E-state index contributed by atoms with van der Waals surface area (Å²) in [6, 6.07) is 10.5. The molecule has 2 aliphatic heterocycles. The summed E-state index contributed by atoms with van der Waals surface area (Å²) in [5.41, 5.74) is 6.18. The van der Waals surface area contributed by atoms with E-state index in [1.807, 2.05) is 0 Å². The first-order chi connectivity index (χ1) is 18.4. The van der Waals surface area contributed by atoms with Crippen LogP contribution in [-0.4, -0.2) is 46.9 Å². The average molecular weight is 608 g/mol. The number of primary amides is 1. The second-order valence-electron chi connectivity index (χ2n) is 8.68. The highest BCUT2D eigenvalue weighted by Gasteiger charge is 2.57. The summed E-state index contributed by atoms with van der Waals surface area (Å²) in [4.78, 5) is 64.3. The van der Waals surface area contributed by atoms with Crippen molar-refractivity contribution in [3.05, 3.63) is 73.7 Å². The molecule has 1 fully saturated rings. The van der Waals surface area contributed by atoms with Gasteiger partial charge in [-0.3, -0.25) is 23.7 Å². The van der Waals surface area contributed by atoms with Gasteiger partial charge in [-0.2, -0.15) is 4.90 Å². The van der Waals surface area contributed by atoms with Gasteiger partial charge in [0.15, 0.2) is 0 Å². The first-order valence-corrected chi connectivity index (χ1v) is 14.7. The molecule has 2 unspecified atom stereocenters. The van der Waals surface area contributed by atoms with Gasteiger partial charge in [0, 0.05) is 21.5 Å². The van der Waals surface area contributed by atoms with E-state index in [2.05, 4.69) is 5.32 Å². The Morgan fingerprint density at radius 1 is 1.00 bits per heavy atom. The van der Waals surface area contributed by atoms with Gasteiger partial charge >= 0.3 is 10.9 Å². The smallest absolute Gasteiger partial charge is 0.328 e. The lowest BCUT2D eigenvalue weighted by Gasteiger charge is -2.30.